The van der Waals surface area contributed by atoms with Gasteiger partial charge in [-0.2, -0.15) is 0 Å². The molecular formula is C18H32O7. The molecule has 0 aromatic rings. The third kappa shape index (κ3) is 5.14. The molecule has 146 valence electrons. The maximum atomic E-state index is 11.5. The van der Waals surface area contributed by atoms with E-state index in [1.165, 1.54) is 0 Å². The predicted molar refractivity (Wildman–Crippen MR) is 90.1 cm³/mol. The van der Waals surface area contributed by atoms with Gasteiger partial charge in [0.25, 0.3) is 0 Å². The summed E-state index contributed by atoms with van der Waals surface area (Å²) in [5.74, 6) is -1.74. The minimum atomic E-state index is -1.02. The molecule has 1 aliphatic carbocycles. The number of aliphatic hydroxyl groups excluding tert-OH is 2. The quantitative estimate of drug-likeness (QED) is 0.634. The fourth-order valence-corrected chi connectivity index (χ4v) is 3.66. The lowest BCUT2D eigenvalue weighted by atomic mass is 9.89. The molecule has 1 saturated carbocycles. The van der Waals surface area contributed by atoms with E-state index in [9.17, 15) is 15.0 Å². The summed E-state index contributed by atoms with van der Waals surface area (Å²) in [6, 6.07) is 0. The van der Waals surface area contributed by atoms with Crippen molar-refractivity contribution in [3.05, 3.63) is 0 Å². The predicted octanol–water partition coefficient (Wildman–Crippen LogP) is 1.69. The minimum Gasteiger partial charge on any atom is -0.479 e. The van der Waals surface area contributed by atoms with Gasteiger partial charge in [-0.05, 0) is 24.7 Å². The van der Waals surface area contributed by atoms with E-state index in [-0.39, 0.29) is 19.6 Å². The van der Waals surface area contributed by atoms with Gasteiger partial charge in [0, 0.05) is 19.4 Å². The molecule has 1 spiro atoms. The van der Waals surface area contributed by atoms with Gasteiger partial charge < -0.3 is 29.5 Å². The van der Waals surface area contributed by atoms with Gasteiger partial charge in [-0.3, -0.25) is 0 Å². The highest BCUT2D eigenvalue weighted by Gasteiger charge is 2.50. The summed E-state index contributed by atoms with van der Waals surface area (Å²) in [5.41, 5.74) is -0.562. The fourth-order valence-electron chi connectivity index (χ4n) is 3.66. The van der Waals surface area contributed by atoms with Crippen LogP contribution in [0.15, 0.2) is 0 Å². The molecule has 2 unspecified atom stereocenters. The molecule has 3 N–H and O–H groups in total. The topological polar surface area (TPSA) is 105 Å². The summed E-state index contributed by atoms with van der Waals surface area (Å²) in [5, 5.41) is 28.9. The highest BCUT2D eigenvalue weighted by molar-refractivity contribution is 5.73. The number of carboxylic acids is 1. The molecule has 4 atom stereocenters. The van der Waals surface area contributed by atoms with E-state index in [2.05, 4.69) is 0 Å². The molecule has 2 fully saturated rings. The van der Waals surface area contributed by atoms with E-state index in [0.29, 0.717) is 0 Å². The molecule has 0 aromatic carbocycles. The molecule has 0 bridgehead atoms. The Hall–Kier alpha value is -0.730. The number of carbonyl (C=O) groups is 1. The second-order valence-electron chi connectivity index (χ2n) is 8.21. The molecule has 1 saturated heterocycles. The largest absolute Gasteiger partial charge is 0.479 e. The number of rotatable bonds is 7. The van der Waals surface area contributed by atoms with E-state index in [1.807, 2.05) is 0 Å². The molecular weight excluding hydrogens is 328 g/mol. The van der Waals surface area contributed by atoms with E-state index in [1.54, 1.807) is 20.8 Å². The van der Waals surface area contributed by atoms with Gasteiger partial charge in [0.15, 0.2) is 11.9 Å². The van der Waals surface area contributed by atoms with Gasteiger partial charge >= 0.3 is 5.97 Å². The minimum absolute atomic E-state index is 0.0309. The Balaban J connectivity index is 2.07. The molecule has 0 aromatic heterocycles. The maximum Gasteiger partial charge on any atom is 0.333 e. The van der Waals surface area contributed by atoms with Crippen LogP contribution in [0.4, 0.5) is 0 Å². The standard InChI is InChI=1S/C18H32O7/c1-17(2,3)15(16(21)22)23-11-13-14(12(20)7-10-19)25-18(24-13)8-5-4-6-9-18/h12-15,19-20H,4-11H2,1-3H3,(H,21,22)/t12?,13-,14+,15?/m0/s1. The lowest BCUT2D eigenvalue weighted by Crippen LogP contribution is -2.43. The Morgan fingerprint density at radius 3 is 2.40 bits per heavy atom. The summed E-state index contributed by atoms with van der Waals surface area (Å²) in [6.07, 6.45) is 1.79. The van der Waals surface area contributed by atoms with Crippen molar-refractivity contribution < 1.29 is 34.3 Å². The van der Waals surface area contributed by atoms with Crippen LogP contribution in [0.1, 0.15) is 59.3 Å². The second-order valence-corrected chi connectivity index (χ2v) is 8.21. The molecule has 2 rings (SSSR count). The molecule has 0 radical (unpaired) electrons. The van der Waals surface area contributed by atoms with Crippen LogP contribution < -0.4 is 0 Å². The van der Waals surface area contributed by atoms with E-state index >= 15 is 0 Å². The van der Waals surface area contributed by atoms with Gasteiger partial charge in [-0.1, -0.05) is 27.2 Å². The Labute approximate surface area is 149 Å². The van der Waals surface area contributed by atoms with Crippen molar-refractivity contribution in [2.24, 2.45) is 5.41 Å². The highest BCUT2D eigenvalue weighted by atomic mass is 16.8. The highest BCUT2D eigenvalue weighted by Crippen LogP contribution is 2.42. The smallest absolute Gasteiger partial charge is 0.333 e. The third-order valence-electron chi connectivity index (χ3n) is 4.94. The summed E-state index contributed by atoms with van der Waals surface area (Å²) in [6.45, 7) is 5.29. The monoisotopic (exact) mass is 360 g/mol. The maximum absolute atomic E-state index is 11.5. The number of aliphatic hydroxyl groups is 2. The van der Waals surface area contributed by atoms with Gasteiger partial charge in [0.2, 0.25) is 0 Å². The molecule has 1 aliphatic heterocycles. The third-order valence-corrected chi connectivity index (χ3v) is 4.94. The van der Waals surface area contributed by atoms with Crippen molar-refractivity contribution >= 4 is 5.97 Å². The van der Waals surface area contributed by atoms with Crippen molar-refractivity contribution in [3.63, 3.8) is 0 Å². The number of hydrogen-bond donors (Lipinski definition) is 3. The van der Waals surface area contributed by atoms with Gasteiger partial charge in [-0.15, -0.1) is 0 Å². The zero-order chi connectivity index (χ0) is 18.7. The van der Waals surface area contributed by atoms with Crippen LogP contribution in [0.5, 0.6) is 0 Å². The first-order valence-corrected chi connectivity index (χ1v) is 9.17. The van der Waals surface area contributed by atoms with Crippen LogP contribution in [-0.4, -0.2) is 64.7 Å². The lowest BCUT2D eigenvalue weighted by molar-refractivity contribution is -0.204. The van der Waals surface area contributed by atoms with Crippen LogP contribution in [0.3, 0.4) is 0 Å². The SMILES string of the molecule is CC(C)(C)C(OC[C@@H]1OC2(CCCCC2)O[C@@H]1C(O)CCO)C(=O)O. The molecule has 1 heterocycles. The van der Waals surface area contributed by atoms with Crippen molar-refractivity contribution in [3.8, 4) is 0 Å². The molecule has 25 heavy (non-hydrogen) atoms. The van der Waals surface area contributed by atoms with Gasteiger partial charge in [0.1, 0.15) is 12.2 Å². The van der Waals surface area contributed by atoms with Crippen LogP contribution in [0.25, 0.3) is 0 Å². The number of aliphatic carboxylic acids is 1. The zero-order valence-corrected chi connectivity index (χ0v) is 15.4. The molecule has 2 aliphatic rings. The average molecular weight is 360 g/mol. The Kier molecular flexibility index (Phi) is 6.84. The van der Waals surface area contributed by atoms with Crippen LogP contribution >= 0.6 is 0 Å². The zero-order valence-electron chi connectivity index (χ0n) is 15.4. The summed E-state index contributed by atoms with van der Waals surface area (Å²) in [4.78, 5) is 11.5. The Morgan fingerprint density at radius 2 is 1.88 bits per heavy atom. The average Bonchev–Trinajstić information content (AvgIpc) is 2.85. The molecule has 7 nitrogen and oxygen atoms in total. The van der Waals surface area contributed by atoms with Crippen molar-refractivity contribution in [2.45, 2.75) is 89.5 Å². The van der Waals surface area contributed by atoms with Crippen LogP contribution in [0.2, 0.25) is 0 Å². The summed E-state index contributed by atoms with van der Waals surface area (Å²) >= 11 is 0. The normalized spacial score (nSPS) is 28.8. The van der Waals surface area contributed by atoms with Crippen LogP contribution in [0, 0.1) is 5.41 Å². The second kappa shape index (κ2) is 8.31. The first-order valence-electron chi connectivity index (χ1n) is 9.17. The van der Waals surface area contributed by atoms with E-state index in [0.717, 1.165) is 32.1 Å². The van der Waals surface area contributed by atoms with Crippen molar-refractivity contribution in [2.75, 3.05) is 13.2 Å². The van der Waals surface area contributed by atoms with Crippen molar-refractivity contribution in [1.82, 2.24) is 0 Å². The Bertz CT molecular complexity index is 439. The lowest BCUT2D eigenvalue weighted by Gasteiger charge is -2.32. The first-order chi connectivity index (χ1) is 11.7. The fraction of sp³-hybridized carbons (Fsp3) is 0.944. The number of hydrogen-bond acceptors (Lipinski definition) is 6. The van der Waals surface area contributed by atoms with Gasteiger partial charge in [-0.25, -0.2) is 4.79 Å². The number of carboxylic acid groups (broad SMARTS) is 1. The summed E-state index contributed by atoms with van der Waals surface area (Å²) in [7, 11) is 0. The molecule has 0 amide bonds. The first kappa shape index (κ1) is 20.6. The van der Waals surface area contributed by atoms with E-state index < -0.39 is 41.6 Å². The number of ether oxygens (including phenoxy) is 3. The van der Waals surface area contributed by atoms with Crippen molar-refractivity contribution in [1.29, 1.82) is 0 Å². The van der Waals surface area contributed by atoms with E-state index in [4.69, 9.17) is 19.3 Å². The van der Waals surface area contributed by atoms with Gasteiger partial charge in [0.05, 0.1) is 12.7 Å². The Morgan fingerprint density at radius 1 is 1.24 bits per heavy atom. The van der Waals surface area contributed by atoms with Crippen LogP contribution in [-0.2, 0) is 19.0 Å². The molecule has 7 heteroatoms. The summed E-state index contributed by atoms with van der Waals surface area (Å²) < 4.78 is 17.9.